The summed E-state index contributed by atoms with van der Waals surface area (Å²) in [5, 5.41) is 7.90. The molecule has 3 amide bonds. The maximum Gasteiger partial charge on any atom is 0.321 e. The Morgan fingerprint density at radius 3 is 2.52 bits per heavy atom. The number of hydrogen-bond acceptors (Lipinski definition) is 3. The van der Waals surface area contributed by atoms with Crippen LogP contribution in [0.15, 0.2) is 53.0 Å². The van der Waals surface area contributed by atoms with Gasteiger partial charge in [-0.3, -0.25) is 10.1 Å². The molecule has 0 radical (unpaired) electrons. The number of aryl methyl sites for hydroxylation is 1. The molecule has 0 heterocycles. The van der Waals surface area contributed by atoms with Gasteiger partial charge < -0.3 is 10.6 Å². The molecule has 2 rings (SSSR count). The molecule has 5 nitrogen and oxygen atoms in total. The van der Waals surface area contributed by atoms with Gasteiger partial charge in [-0.1, -0.05) is 46.3 Å². The van der Waals surface area contributed by atoms with Crippen LogP contribution in [0.4, 0.5) is 10.5 Å². The van der Waals surface area contributed by atoms with E-state index < -0.39 is 11.9 Å². The van der Waals surface area contributed by atoms with Gasteiger partial charge in [0.15, 0.2) is 0 Å². The van der Waals surface area contributed by atoms with Crippen molar-refractivity contribution in [3.8, 4) is 0 Å². The highest BCUT2D eigenvalue weighted by Gasteiger charge is 2.07. The summed E-state index contributed by atoms with van der Waals surface area (Å²) in [5.74, 6) is -0.392. The Hall–Kier alpha value is -2.34. The second-order valence-corrected chi connectivity index (χ2v) is 5.89. The number of urea groups is 1. The quantitative estimate of drug-likeness (QED) is 0.751. The van der Waals surface area contributed by atoms with Crippen molar-refractivity contribution in [2.75, 3.05) is 11.9 Å². The van der Waals surface area contributed by atoms with E-state index in [1.807, 2.05) is 55.5 Å². The van der Waals surface area contributed by atoms with Gasteiger partial charge in [0.25, 0.3) is 0 Å². The third-order valence-corrected chi connectivity index (χ3v) is 4.05. The molecule has 0 aliphatic carbocycles. The largest absolute Gasteiger partial charge is 0.376 e. The molecule has 0 aliphatic rings. The standard InChI is InChI=1S/C17H18BrN3O2/c1-12-9-14(7-8-15(12)18)19-11-16(22)21-17(23)20-10-13-5-3-2-4-6-13/h2-9,19H,10-11H2,1H3,(H2,20,21,22,23). The second kappa shape index (κ2) is 8.33. The van der Waals surface area contributed by atoms with Crippen molar-refractivity contribution in [2.24, 2.45) is 0 Å². The zero-order chi connectivity index (χ0) is 16.7. The normalized spacial score (nSPS) is 10.0. The van der Waals surface area contributed by atoms with E-state index in [1.165, 1.54) is 0 Å². The van der Waals surface area contributed by atoms with Gasteiger partial charge in [0.1, 0.15) is 0 Å². The number of imide groups is 1. The van der Waals surface area contributed by atoms with E-state index in [0.717, 1.165) is 21.3 Å². The highest BCUT2D eigenvalue weighted by molar-refractivity contribution is 9.10. The Kier molecular flexibility index (Phi) is 6.17. The molecule has 0 aliphatic heterocycles. The van der Waals surface area contributed by atoms with Gasteiger partial charge >= 0.3 is 6.03 Å². The van der Waals surface area contributed by atoms with E-state index >= 15 is 0 Å². The molecule has 0 aromatic heterocycles. The molecule has 23 heavy (non-hydrogen) atoms. The SMILES string of the molecule is Cc1cc(NCC(=O)NC(=O)NCc2ccccc2)ccc1Br. The lowest BCUT2D eigenvalue weighted by atomic mass is 10.2. The minimum Gasteiger partial charge on any atom is -0.376 e. The zero-order valence-corrected chi connectivity index (χ0v) is 14.3. The molecule has 0 spiro atoms. The Morgan fingerprint density at radius 1 is 1.09 bits per heavy atom. The minimum absolute atomic E-state index is 0.0276. The summed E-state index contributed by atoms with van der Waals surface area (Å²) in [6.45, 7) is 2.37. The van der Waals surface area contributed by atoms with Crippen LogP contribution in [0, 0.1) is 6.92 Å². The average molecular weight is 376 g/mol. The maximum atomic E-state index is 11.7. The summed E-state index contributed by atoms with van der Waals surface area (Å²) < 4.78 is 1.01. The van der Waals surface area contributed by atoms with E-state index in [0.29, 0.717) is 6.54 Å². The first-order valence-electron chi connectivity index (χ1n) is 7.16. The summed E-state index contributed by atoms with van der Waals surface area (Å²) in [6.07, 6.45) is 0. The summed E-state index contributed by atoms with van der Waals surface area (Å²) in [4.78, 5) is 23.4. The van der Waals surface area contributed by atoms with Crippen LogP contribution in [0.25, 0.3) is 0 Å². The first-order valence-corrected chi connectivity index (χ1v) is 7.95. The fourth-order valence-electron chi connectivity index (χ4n) is 1.93. The molecule has 6 heteroatoms. The zero-order valence-electron chi connectivity index (χ0n) is 12.7. The topological polar surface area (TPSA) is 70.2 Å². The monoisotopic (exact) mass is 375 g/mol. The maximum absolute atomic E-state index is 11.7. The Labute approximate surface area is 143 Å². The van der Waals surface area contributed by atoms with Crippen LogP contribution in [0.2, 0.25) is 0 Å². The molecule has 3 N–H and O–H groups in total. The first-order chi connectivity index (χ1) is 11.0. The summed E-state index contributed by atoms with van der Waals surface area (Å²) in [6, 6.07) is 14.7. The predicted octanol–water partition coefficient (Wildman–Crippen LogP) is 3.20. The van der Waals surface area contributed by atoms with Gasteiger partial charge in [-0.2, -0.15) is 0 Å². The third-order valence-electron chi connectivity index (χ3n) is 3.16. The second-order valence-electron chi connectivity index (χ2n) is 5.03. The number of carbonyl (C=O) groups excluding carboxylic acids is 2. The van der Waals surface area contributed by atoms with E-state index in [1.54, 1.807) is 0 Å². The number of rotatable bonds is 5. The number of halogens is 1. The molecule has 0 bridgehead atoms. The number of anilines is 1. The van der Waals surface area contributed by atoms with Gasteiger partial charge in [-0.05, 0) is 36.2 Å². The number of benzene rings is 2. The molecule has 0 saturated heterocycles. The van der Waals surface area contributed by atoms with Crippen molar-refractivity contribution in [1.82, 2.24) is 10.6 Å². The lowest BCUT2D eigenvalue weighted by Crippen LogP contribution is -2.41. The summed E-state index contributed by atoms with van der Waals surface area (Å²) >= 11 is 3.42. The van der Waals surface area contributed by atoms with E-state index in [9.17, 15) is 9.59 Å². The summed E-state index contributed by atoms with van der Waals surface area (Å²) in [5.41, 5.74) is 2.86. The predicted molar refractivity (Wildman–Crippen MR) is 94.2 cm³/mol. The molecule has 0 saturated carbocycles. The van der Waals surface area contributed by atoms with Gasteiger partial charge in [0.2, 0.25) is 5.91 Å². The smallest absolute Gasteiger partial charge is 0.321 e. The molecular formula is C17H18BrN3O2. The number of nitrogens with one attached hydrogen (secondary N) is 3. The highest BCUT2D eigenvalue weighted by atomic mass is 79.9. The number of amides is 3. The van der Waals surface area contributed by atoms with Crippen LogP contribution in [-0.4, -0.2) is 18.5 Å². The van der Waals surface area contributed by atoms with Crippen molar-refractivity contribution in [1.29, 1.82) is 0 Å². The summed E-state index contributed by atoms with van der Waals surface area (Å²) in [7, 11) is 0. The van der Waals surface area contributed by atoms with Crippen molar-refractivity contribution in [3.05, 3.63) is 64.1 Å². The van der Waals surface area contributed by atoms with Crippen LogP contribution in [0.1, 0.15) is 11.1 Å². The number of hydrogen-bond donors (Lipinski definition) is 3. The Bertz CT molecular complexity index is 689. The molecule has 0 atom stereocenters. The van der Waals surface area contributed by atoms with Gasteiger partial charge in [0, 0.05) is 16.7 Å². The van der Waals surface area contributed by atoms with Gasteiger partial charge in [-0.15, -0.1) is 0 Å². The Balaban J connectivity index is 1.73. The van der Waals surface area contributed by atoms with Crippen molar-refractivity contribution in [3.63, 3.8) is 0 Å². The van der Waals surface area contributed by atoms with Crippen LogP contribution in [0.3, 0.4) is 0 Å². The molecule has 2 aromatic rings. The lowest BCUT2D eigenvalue weighted by Gasteiger charge is -2.09. The van der Waals surface area contributed by atoms with Crippen LogP contribution in [0.5, 0.6) is 0 Å². The fraction of sp³-hybridized carbons (Fsp3) is 0.176. The van der Waals surface area contributed by atoms with E-state index in [-0.39, 0.29) is 6.54 Å². The molecule has 0 unspecified atom stereocenters. The average Bonchev–Trinajstić information content (AvgIpc) is 2.55. The van der Waals surface area contributed by atoms with E-state index in [2.05, 4.69) is 31.9 Å². The molecule has 0 fully saturated rings. The Morgan fingerprint density at radius 2 is 1.83 bits per heavy atom. The van der Waals surface area contributed by atoms with E-state index in [4.69, 9.17) is 0 Å². The van der Waals surface area contributed by atoms with Gasteiger partial charge in [-0.25, -0.2) is 4.79 Å². The first kappa shape index (κ1) is 17.0. The minimum atomic E-state index is -0.507. The van der Waals surface area contributed by atoms with Gasteiger partial charge in [0.05, 0.1) is 6.54 Å². The molecular weight excluding hydrogens is 358 g/mol. The fourth-order valence-corrected chi connectivity index (χ4v) is 2.18. The van der Waals surface area contributed by atoms with Crippen molar-refractivity contribution >= 4 is 33.6 Å². The van der Waals surface area contributed by atoms with Crippen LogP contribution < -0.4 is 16.0 Å². The van der Waals surface area contributed by atoms with Crippen molar-refractivity contribution < 1.29 is 9.59 Å². The highest BCUT2D eigenvalue weighted by Crippen LogP contribution is 2.19. The lowest BCUT2D eigenvalue weighted by molar-refractivity contribution is -0.118. The van der Waals surface area contributed by atoms with Crippen molar-refractivity contribution in [2.45, 2.75) is 13.5 Å². The molecule has 2 aromatic carbocycles. The molecule has 120 valence electrons. The third kappa shape index (κ3) is 5.75. The number of carbonyl (C=O) groups is 2. The van der Waals surface area contributed by atoms with Crippen LogP contribution >= 0.6 is 15.9 Å². The van der Waals surface area contributed by atoms with Crippen LogP contribution in [-0.2, 0) is 11.3 Å².